The highest BCUT2D eigenvalue weighted by Crippen LogP contribution is 2.27. The van der Waals surface area contributed by atoms with Crippen LogP contribution in [0.2, 0.25) is 0 Å². The molecule has 0 aromatic heterocycles. The third-order valence-electron chi connectivity index (χ3n) is 7.67. The summed E-state index contributed by atoms with van der Waals surface area (Å²) < 4.78 is 31.7. The lowest BCUT2D eigenvalue weighted by Crippen LogP contribution is -2.30. The SMILES string of the molecule is N=C(N)NCc1ccc(C(=O)N(Cc2cccc(-c3ccccc3C(=O)NCCN)c2)Cc2cccc3ccccc23)cc1.O=C(O)C(F)(F)F. The number of aliphatic carboxylic acids is 1. The van der Waals surface area contributed by atoms with E-state index in [0.29, 0.717) is 43.9 Å². The minimum atomic E-state index is -5.08. The molecule has 13 heteroatoms. The number of halogens is 3. The van der Waals surface area contributed by atoms with Crippen LogP contribution in [-0.2, 0) is 24.4 Å². The summed E-state index contributed by atoms with van der Waals surface area (Å²) in [4.78, 5) is 37.7. The molecule has 0 heterocycles. The first-order chi connectivity index (χ1) is 24.4. The van der Waals surface area contributed by atoms with Gasteiger partial charge >= 0.3 is 12.1 Å². The summed E-state index contributed by atoms with van der Waals surface area (Å²) in [5, 5.41) is 22.4. The summed E-state index contributed by atoms with van der Waals surface area (Å²) in [5.41, 5.74) is 16.8. The molecule has 8 N–H and O–H groups in total. The molecule has 0 saturated heterocycles. The van der Waals surface area contributed by atoms with Crippen molar-refractivity contribution in [3.8, 4) is 11.1 Å². The first-order valence-corrected chi connectivity index (χ1v) is 15.8. The van der Waals surface area contributed by atoms with Crippen LogP contribution in [0, 0.1) is 5.41 Å². The maximum atomic E-state index is 14.1. The van der Waals surface area contributed by atoms with Gasteiger partial charge in [0.15, 0.2) is 5.96 Å². The van der Waals surface area contributed by atoms with Gasteiger partial charge in [0.25, 0.3) is 11.8 Å². The number of nitrogens with one attached hydrogen (secondary N) is 3. The fourth-order valence-corrected chi connectivity index (χ4v) is 5.25. The molecule has 0 aliphatic rings. The number of carbonyl (C=O) groups excluding carboxylic acids is 2. The van der Waals surface area contributed by atoms with Crippen LogP contribution in [0.4, 0.5) is 13.2 Å². The van der Waals surface area contributed by atoms with Crippen molar-refractivity contribution in [3.63, 3.8) is 0 Å². The van der Waals surface area contributed by atoms with E-state index in [0.717, 1.165) is 38.6 Å². The van der Waals surface area contributed by atoms with Crippen molar-refractivity contribution in [2.24, 2.45) is 11.5 Å². The zero-order valence-corrected chi connectivity index (χ0v) is 27.4. The number of carboxylic acids is 1. The molecule has 0 radical (unpaired) electrons. The minimum Gasteiger partial charge on any atom is -0.475 e. The number of nitrogens with zero attached hydrogens (tertiary/aromatic N) is 1. The first-order valence-electron chi connectivity index (χ1n) is 15.8. The molecule has 5 aromatic carbocycles. The van der Waals surface area contributed by atoms with Gasteiger partial charge < -0.3 is 32.1 Å². The summed E-state index contributed by atoms with van der Waals surface area (Å²) in [6.45, 7) is 1.94. The van der Waals surface area contributed by atoms with E-state index in [-0.39, 0.29) is 17.8 Å². The fraction of sp³-hybridized carbons (Fsp3) is 0.158. The normalized spacial score (nSPS) is 10.8. The predicted molar refractivity (Wildman–Crippen MR) is 190 cm³/mol. The van der Waals surface area contributed by atoms with E-state index >= 15 is 0 Å². The number of hydrogen-bond acceptors (Lipinski definition) is 5. The monoisotopic (exact) mass is 698 g/mol. The number of benzene rings is 5. The average Bonchev–Trinajstić information content (AvgIpc) is 3.12. The van der Waals surface area contributed by atoms with E-state index in [1.54, 1.807) is 6.07 Å². The second-order valence-electron chi connectivity index (χ2n) is 11.4. The minimum absolute atomic E-state index is 0.101. The van der Waals surface area contributed by atoms with Gasteiger partial charge in [-0.05, 0) is 62.9 Å². The highest BCUT2D eigenvalue weighted by Gasteiger charge is 2.38. The lowest BCUT2D eigenvalue weighted by Gasteiger charge is -2.24. The Morgan fingerprint density at radius 3 is 2.12 bits per heavy atom. The second-order valence-corrected chi connectivity index (χ2v) is 11.4. The molecule has 10 nitrogen and oxygen atoms in total. The Bertz CT molecular complexity index is 2000. The van der Waals surface area contributed by atoms with Gasteiger partial charge in [-0.2, -0.15) is 13.2 Å². The maximum Gasteiger partial charge on any atom is 0.490 e. The van der Waals surface area contributed by atoms with Crippen molar-refractivity contribution in [2.45, 2.75) is 25.8 Å². The summed E-state index contributed by atoms with van der Waals surface area (Å²) in [5.74, 6) is -3.14. The molecule has 2 amide bonds. The molecule has 0 unspecified atom stereocenters. The van der Waals surface area contributed by atoms with Gasteiger partial charge in [0.2, 0.25) is 0 Å². The van der Waals surface area contributed by atoms with Gasteiger partial charge in [0.1, 0.15) is 0 Å². The Balaban J connectivity index is 0.000000755. The highest BCUT2D eigenvalue weighted by molar-refractivity contribution is 6.01. The number of amides is 2. The molecular weight excluding hydrogens is 661 g/mol. The van der Waals surface area contributed by atoms with Crippen molar-refractivity contribution in [3.05, 3.63) is 143 Å². The Morgan fingerprint density at radius 1 is 0.784 bits per heavy atom. The molecule has 264 valence electrons. The number of alkyl halides is 3. The van der Waals surface area contributed by atoms with Crippen molar-refractivity contribution in [1.29, 1.82) is 5.41 Å². The van der Waals surface area contributed by atoms with E-state index in [9.17, 15) is 22.8 Å². The van der Waals surface area contributed by atoms with Crippen LogP contribution in [0.3, 0.4) is 0 Å². The number of guanidine groups is 1. The van der Waals surface area contributed by atoms with Gasteiger partial charge in [-0.3, -0.25) is 15.0 Å². The van der Waals surface area contributed by atoms with Crippen LogP contribution in [-0.4, -0.2) is 53.0 Å². The molecule has 5 aromatic rings. The lowest BCUT2D eigenvalue weighted by molar-refractivity contribution is -0.192. The molecule has 0 saturated carbocycles. The van der Waals surface area contributed by atoms with E-state index in [2.05, 4.69) is 34.9 Å². The van der Waals surface area contributed by atoms with Gasteiger partial charge in [-0.1, -0.05) is 91.0 Å². The molecule has 51 heavy (non-hydrogen) atoms. The number of fused-ring (bicyclic) bond motifs is 1. The Kier molecular flexibility index (Phi) is 12.9. The second kappa shape index (κ2) is 17.4. The van der Waals surface area contributed by atoms with Crippen LogP contribution in [0.1, 0.15) is 37.4 Å². The third kappa shape index (κ3) is 10.6. The van der Waals surface area contributed by atoms with Crippen LogP contribution >= 0.6 is 0 Å². The Labute approximate surface area is 292 Å². The largest absolute Gasteiger partial charge is 0.490 e. The number of carbonyl (C=O) groups is 3. The smallest absolute Gasteiger partial charge is 0.475 e. The molecule has 0 atom stereocenters. The molecular formula is C38H37F3N6O4. The van der Waals surface area contributed by atoms with Crippen LogP contribution < -0.4 is 22.1 Å². The Morgan fingerprint density at radius 2 is 1.43 bits per heavy atom. The van der Waals surface area contributed by atoms with Crippen molar-refractivity contribution < 1.29 is 32.7 Å². The molecule has 0 aliphatic heterocycles. The van der Waals surface area contributed by atoms with E-state index in [4.69, 9.17) is 26.8 Å². The van der Waals surface area contributed by atoms with Crippen molar-refractivity contribution in [1.82, 2.24) is 15.5 Å². The molecule has 0 spiro atoms. The fourth-order valence-electron chi connectivity index (χ4n) is 5.25. The number of rotatable bonds is 11. The van der Waals surface area contributed by atoms with Gasteiger partial charge in [-0.25, -0.2) is 4.79 Å². The van der Waals surface area contributed by atoms with E-state index in [1.165, 1.54) is 0 Å². The van der Waals surface area contributed by atoms with Crippen LogP contribution in [0.15, 0.2) is 115 Å². The van der Waals surface area contributed by atoms with Gasteiger partial charge in [0, 0.05) is 43.9 Å². The summed E-state index contributed by atoms with van der Waals surface area (Å²) in [6.07, 6.45) is -5.08. The lowest BCUT2D eigenvalue weighted by atomic mass is 9.97. The highest BCUT2D eigenvalue weighted by atomic mass is 19.4. The average molecular weight is 699 g/mol. The zero-order chi connectivity index (χ0) is 37.0. The third-order valence-corrected chi connectivity index (χ3v) is 7.67. The van der Waals surface area contributed by atoms with Gasteiger partial charge in [-0.15, -0.1) is 0 Å². The predicted octanol–water partition coefficient (Wildman–Crippen LogP) is 5.65. The van der Waals surface area contributed by atoms with E-state index in [1.807, 2.05) is 89.8 Å². The number of carboxylic acid groups (broad SMARTS) is 1. The number of nitrogens with two attached hydrogens (primary N) is 2. The van der Waals surface area contributed by atoms with Crippen molar-refractivity contribution >= 4 is 34.5 Å². The zero-order valence-electron chi connectivity index (χ0n) is 27.4. The topological polar surface area (TPSA) is 175 Å². The standard InChI is InChI=1S/C36H36N6O2.C2HF3O2/c37-19-20-40-34(43)33-14-4-3-13-32(33)29-10-5-7-26(21-29)23-42(24-30-11-6-9-27-8-1-2-12-31(27)30)35(44)28-17-15-25(16-18-28)22-41-36(38)39;3-2(4,5)1(6)7/h1-18,21H,19-20,22-24,37H2,(H,40,43)(H4,38,39,41);(H,6,7). The maximum absolute atomic E-state index is 14.1. The molecule has 5 rings (SSSR count). The summed E-state index contributed by atoms with van der Waals surface area (Å²) in [6, 6.07) is 37.1. The van der Waals surface area contributed by atoms with Crippen LogP contribution in [0.25, 0.3) is 21.9 Å². The summed E-state index contributed by atoms with van der Waals surface area (Å²) in [7, 11) is 0. The van der Waals surface area contributed by atoms with E-state index < -0.39 is 12.1 Å². The molecule has 0 fully saturated rings. The first kappa shape index (κ1) is 37.6. The quantitative estimate of drug-likeness (QED) is 0.0763. The summed E-state index contributed by atoms with van der Waals surface area (Å²) >= 11 is 0. The molecule has 0 bridgehead atoms. The number of hydrogen-bond donors (Lipinski definition) is 6. The van der Waals surface area contributed by atoms with Crippen LogP contribution in [0.5, 0.6) is 0 Å². The van der Waals surface area contributed by atoms with Gasteiger partial charge in [0.05, 0.1) is 0 Å². The Hall–Kier alpha value is -6.21. The van der Waals surface area contributed by atoms with Crippen molar-refractivity contribution in [2.75, 3.05) is 13.1 Å². The molecule has 0 aliphatic carbocycles.